The van der Waals surface area contributed by atoms with E-state index < -0.39 is 0 Å². The largest absolute Gasteiger partial charge is 0.356 e. The van der Waals surface area contributed by atoms with E-state index in [4.69, 9.17) is 0 Å². The van der Waals surface area contributed by atoms with E-state index in [2.05, 4.69) is 23.6 Å². The monoisotopic (exact) mass is 164 g/mol. The second-order valence-corrected chi connectivity index (χ2v) is 1.96. The van der Waals surface area contributed by atoms with Gasteiger partial charge in [0.1, 0.15) is 0 Å². The summed E-state index contributed by atoms with van der Waals surface area (Å²) in [5.74, 6) is -0.160. The number of carbonyl (C=O) groups is 1. The van der Waals surface area contributed by atoms with Crippen LogP contribution in [0.15, 0.2) is 41.6 Å². The fourth-order valence-corrected chi connectivity index (χ4v) is 0.524. The van der Waals surface area contributed by atoms with Crippen molar-refractivity contribution in [3.8, 4) is 0 Å². The van der Waals surface area contributed by atoms with Crippen LogP contribution in [0.5, 0.6) is 0 Å². The Labute approximate surface area is 72.2 Å². The zero-order valence-electron chi connectivity index (χ0n) is 7.08. The Morgan fingerprint density at radius 3 is 2.58 bits per heavy atom. The average Bonchev–Trinajstić information content (AvgIpc) is 2.11. The summed E-state index contributed by atoms with van der Waals surface area (Å²) < 4.78 is 0. The maximum Gasteiger partial charge on any atom is 0.243 e. The number of rotatable bonds is 4. The highest BCUT2D eigenvalue weighted by molar-refractivity contribution is 5.87. The van der Waals surface area contributed by atoms with Crippen molar-refractivity contribution in [3.63, 3.8) is 0 Å². The molecule has 0 aromatic carbocycles. The molecular weight excluding hydrogens is 152 g/mol. The Bertz CT molecular complexity index is 239. The first-order valence-corrected chi connectivity index (χ1v) is 3.42. The summed E-state index contributed by atoms with van der Waals surface area (Å²) in [5.41, 5.74) is 0.744. The van der Waals surface area contributed by atoms with Gasteiger partial charge in [-0.05, 0) is 18.4 Å². The van der Waals surface area contributed by atoms with E-state index in [1.807, 2.05) is 0 Å². The summed E-state index contributed by atoms with van der Waals surface area (Å²) in [6.07, 6.45) is 6.12. The van der Waals surface area contributed by atoms with Gasteiger partial charge < -0.3 is 5.32 Å². The molecule has 12 heavy (non-hydrogen) atoms. The standard InChI is InChI=1S/C9H12N2O/c1-4-8(7-10-2)5-6-9(12)11-3/h4-7H,1-2H2,3H3,(H,11,12)/b6-5+,8-7+. The van der Waals surface area contributed by atoms with Crippen LogP contribution >= 0.6 is 0 Å². The van der Waals surface area contributed by atoms with Crippen LogP contribution < -0.4 is 5.32 Å². The smallest absolute Gasteiger partial charge is 0.243 e. The molecule has 0 aromatic heterocycles. The highest BCUT2D eigenvalue weighted by atomic mass is 16.1. The third kappa shape index (κ3) is 4.22. The van der Waals surface area contributed by atoms with E-state index in [-0.39, 0.29) is 5.91 Å². The molecule has 1 N–H and O–H groups in total. The lowest BCUT2D eigenvalue weighted by Crippen LogP contribution is -2.13. The molecule has 0 atom stereocenters. The summed E-state index contributed by atoms with van der Waals surface area (Å²) in [6, 6.07) is 0. The summed E-state index contributed by atoms with van der Waals surface area (Å²) >= 11 is 0. The number of aliphatic imine (C=N–C) groups is 1. The summed E-state index contributed by atoms with van der Waals surface area (Å²) in [7, 11) is 1.57. The lowest BCUT2D eigenvalue weighted by atomic mass is 10.2. The molecule has 1 amide bonds. The zero-order valence-corrected chi connectivity index (χ0v) is 7.08. The quantitative estimate of drug-likeness (QED) is 0.377. The molecule has 3 heteroatoms. The third-order valence-corrected chi connectivity index (χ3v) is 1.15. The minimum absolute atomic E-state index is 0.160. The van der Waals surface area contributed by atoms with Crippen LogP contribution in [0.2, 0.25) is 0 Å². The number of nitrogens with zero attached hydrogens (tertiary/aromatic N) is 1. The first-order valence-electron chi connectivity index (χ1n) is 3.42. The predicted molar refractivity (Wildman–Crippen MR) is 51.0 cm³/mol. The Morgan fingerprint density at radius 2 is 2.17 bits per heavy atom. The lowest BCUT2D eigenvalue weighted by molar-refractivity contribution is -0.116. The molecule has 0 fully saturated rings. The van der Waals surface area contributed by atoms with Crippen molar-refractivity contribution in [3.05, 3.63) is 36.6 Å². The maximum atomic E-state index is 10.7. The highest BCUT2D eigenvalue weighted by Gasteiger charge is 1.88. The SMILES string of the molecule is C=CC(/C=C/C(=O)NC)=C\N=C. The number of hydrogen-bond donors (Lipinski definition) is 1. The normalized spacial score (nSPS) is 11.2. The van der Waals surface area contributed by atoms with Crippen molar-refractivity contribution in [2.75, 3.05) is 7.05 Å². The molecule has 0 aliphatic carbocycles. The molecule has 0 heterocycles. The number of carbonyl (C=O) groups excluding carboxylic acids is 1. The van der Waals surface area contributed by atoms with Gasteiger partial charge >= 0.3 is 0 Å². The van der Waals surface area contributed by atoms with Gasteiger partial charge in [-0.1, -0.05) is 12.7 Å². The van der Waals surface area contributed by atoms with Crippen molar-refractivity contribution in [1.82, 2.24) is 5.32 Å². The van der Waals surface area contributed by atoms with Crippen LogP contribution in [-0.4, -0.2) is 19.7 Å². The molecule has 0 radical (unpaired) electrons. The first-order chi connectivity index (χ1) is 5.74. The van der Waals surface area contributed by atoms with E-state index in [1.54, 1.807) is 19.2 Å². The van der Waals surface area contributed by atoms with Crippen LogP contribution in [0.25, 0.3) is 0 Å². The van der Waals surface area contributed by atoms with Crippen molar-refractivity contribution in [2.24, 2.45) is 4.99 Å². The molecule has 0 aromatic rings. The van der Waals surface area contributed by atoms with Gasteiger partial charge in [0.05, 0.1) is 0 Å². The van der Waals surface area contributed by atoms with Gasteiger partial charge in [0, 0.05) is 19.3 Å². The molecule has 64 valence electrons. The molecule has 0 spiro atoms. The Kier molecular flexibility index (Phi) is 5.26. The first kappa shape index (κ1) is 10.4. The van der Waals surface area contributed by atoms with E-state index in [0.717, 1.165) is 5.57 Å². The Balaban J connectivity index is 4.29. The lowest BCUT2D eigenvalue weighted by Gasteiger charge is -1.90. The zero-order chi connectivity index (χ0) is 9.40. The van der Waals surface area contributed by atoms with Gasteiger partial charge in [-0.3, -0.25) is 9.79 Å². The number of amides is 1. The molecule has 0 bridgehead atoms. The molecule has 0 rings (SSSR count). The molecule has 0 unspecified atom stereocenters. The second kappa shape index (κ2) is 6.09. The van der Waals surface area contributed by atoms with Crippen LogP contribution in [0.3, 0.4) is 0 Å². The minimum atomic E-state index is -0.160. The van der Waals surface area contributed by atoms with Crippen molar-refractivity contribution in [2.45, 2.75) is 0 Å². The molecule has 3 nitrogen and oxygen atoms in total. The van der Waals surface area contributed by atoms with Gasteiger partial charge in [-0.25, -0.2) is 0 Å². The van der Waals surface area contributed by atoms with Gasteiger partial charge in [0.15, 0.2) is 0 Å². The van der Waals surface area contributed by atoms with Crippen molar-refractivity contribution >= 4 is 12.6 Å². The van der Waals surface area contributed by atoms with Gasteiger partial charge in [-0.15, -0.1) is 0 Å². The Morgan fingerprint density at radius 1 is 1.50 bits per heavy atom. The average molecular weight is 164 g/mol. The number of hydrogen-bond acceptors (Lipinski definition) is 2. The third-order valence-electron chi connectivity index (χ3n) is 1.15. The summed E-state index contributed by atoms with van der Waals surface area (Å²) in [5, 5.41) is 2.45. The fraction of sp³-hybridized carbons (Fsp3) is 0.111. The number of allylic oxidation sites excluding steroid dienone is 3. The maximum absolute atomic E-state index is 10.7. The fourth-order valence-electron chi connectivity index (χ4n) is 0.524. The summed E-state index contributed by atoms with van der Waals surface area (Å²) in [6.45, 7) is 6.83. The van der Waals surface area contributed by atoms with Crippen LogP contribution in [0.4, 0.5) is 0 Å². The summed E-state index contributed by atoms with van der Waals surface area (Å²) in [4.78, 5) is 14.3. The van der Waals surface area contributed by atoms with E-state index in [9.17, 15) is 4.79 Å². The highest BCUT2D eigenvalue weighted by Crippen LogP contribution is 1.97. The van der Waals surface area contributed by atoms with E-state index in [0.29, 0.717) is 0 Å². The van der Waals surface area contributed by atoms with Gasteiger partial charge in [0.25, 0.3) is 0 Å². The Hall–Kier alpha value is -1.64. The topological polar surface area (TPSA) is 41.5 Å². The number of likely N-dealkylation sites (N-methyl/N-ethyl adjacent to an activating group) is 1. The van der Waals surface area contributed by atoms with Crippen LogP contribution in [0.1, 0.15) is 0 Å². The van der Waals surface area contributed by atoms with E-state index in [1.165, 1.54) is 12.3 Å². The predicted octanol–water partition coefficient (Wildman–Crippen LogP) is 1.06. The van der Waals surface area contributed by atoms with Gasteiger partial charge in [0.2, 0.25) is 5.91 Å². The van der Waals surface area contributed by atoms with Crippen LogP contribution in [-0.2, 0) is 4.79 Å². The van der Waals surface area contributed by atoms with Gasteiger partial charge in [-0.2, -0.15) is 0 Å². The van der Waals surface area contributed by atoms with Crippen LogP contribution in [0, 0.1) is 0 Å². The molecule has 0 aliphatic heterocycles. The number of nitrogens with one attached hydrogen (secondary N) is 1. The van der Waals surface area contributed by atoms with E-state index >= 15 is 0 Å². The second-order valence-electron chi connectivity index (χ2n) is 1.96. The van der Waals surface area contributed by atoms with Crippen molar-refractivity contribution in [1.29, 1.82) is 0 Å². The molecule has 0 saturated carbocycles. The molecule has 0 aliphatic rings. The van der Waals surface area contributed by atoms with Crippen molar-refractivity contribution < 1.29 is 4.79 Å². The molecule has 0 saturated heterocycles. The minimum Gasteiger partial charge on any atom is -0.356 e. The molecular formula is C9H12N2O.